The van der Waals surface area contributed by atoms with Crippen LogP contribution in [-0.4, -0.2) is 11.9 Å². The lowest BCUT2D eigenvalue weighted by Gasteiger charge is -2.37. The first-order valence-corrected chi connectivity index (χ1v) is 7.74. The second-order valence-electron chi connectivity index (χ2n) is 7.26. The zero-order valence-electron chi connectivity index (χ0n) is 13.2. The van der Waals surface area contributed by atoms with Crippen molar-refractivity contribution >= 4 is 5.91 Å². The van der Waals surface area contributed by atoms with Gasteiger partial charge in [0, 0.05) is 11.6 Å². The van der Waals surface area contributed by atoms with Gasteiger partial charge >= 0.3 is 0 Å². The topological polar surface area (TPSA) is 29.1 Å². The summed E-state index contributed by atoms with van der Waals surface area (Å²) in [5.41, 5.74) is 2.31. The number of carbonyl (C=O) groups excluding carboxylic acids is 1. The lowest BCUT2D eigenvalue weighted by molar-refractivity contribution is 0.0904. The van der Waals surface area contributed by atoms with Crippen molar-refractivity contribution in [1.29, 1.82) is 0 Å². The highest BCUT2D eigenvalue weighted by Gasteiger charge is 2.30. The molecule has 2 rings (SSSR count). The summed E-state index contributed by atoms with van der Waals surface area (Å²) in [6.07, 6.45) is 4.67. The van der Waals surface area contributed by atoms with Crippen LogP contribution in [0.3, 0.4) is 0 Å². The fraction of sp³-hybridized carbons (Fsp3) is 0.611. The first kappa shape index (κ1) is 15.1. The van der Waals surface area contributed by atoms with E-state index in [1.807, 2.05) is 31.2 Å². The summed E-state index contributed by atoms with van der Waals surface area (Å²) in [6, 6.07) is 8.16. The maximum atomic E-state index is 12.2. The number of amides is 1. The van der Waals surface area contributed by atoms with Gasteiger partial charge in [-0.15, -0.1) is 0 Å². The maximum Gasteiger partial charge on any atom is 0.251 e. The van der Waals surface area contributed by atoms with Gasteiger partial charge in [-0.2, -0.15) is 0 Å². The Morgan fingerprint density at radius 2 is 1.80 bits per heavy atom. The number of nitrogens with one attached hydrogen (secondary N) is 1. The van der Waals surface area contributed by atoms with Crippen LogP contribution in [0.4, 0.5) is 0 Å². The van der Waals surface area contributed by atoms with E-state index in [4.69, 9.17) is 0 Å². The number of rotatable bonds is 2. The molecule has 0 bridgehead atoms. The summed E-state index contributed by atoms with van der Waals surface area (Å²) < 4.78 is 0. The number of benzene rings is 1. The van der Waals surface area contributed by atoms with Gasteiger partial charge in [0.1, 0.15) is 0 Å². The van der Waals surface area contributed by atoms with E-state index in [0.29, 0.717) is 11.5 Å². The summed E-state index contributed by atoms with van der Waals surface area (Å²) in [4.78, 5) is 12.2. The Labute approximate surface area is 123 Å². The largest absolute Gasteiger partial charge is 0.349 e. The van der Waals surface area contributed by atoms with Crippen molar-refractivity contribution in [3.8, 4) is 0 Å². The highest BCUT2D eigenvalue weighted by atomic mass is 16.1. The van der Waals surface area contributed by atoms with Crippen molar-refractivity contribution in [2.75, 3.05) is 0 Å². The van der Waals surface area contributed by atoms with Crippen LogP contribution in [-0.2, 0) is 0 Å². The lowest BCUT2D eigenvalue weighted by Crippen LogP contribution is -2.39. The Kier molecular flexibility index (Phi) is 4.52. The van der Waals surface area contributed by atoms with Crippen LogP contribution in [0.5, 0.6) is 0 Å². The summed E-state index contributed by atoms with van der Waals surface area (Å²) in [7, 11) is 0. The monoisotopic (exact) mass is 273 g/mol. The normalized spacial score (nSPS) is 23.4. The van der Waals surface area contributed by atoms with Gasteiger partial charge in [-0.3, -0.25) is 4.79 Å². The summed E-state index contributed by atoms with van der Waals surface area (Å²) in [5.74, 6) is 0.863. The smallest absolute Gasteiger partial charge is 0.251 e. The third-order valence-electron chi connectivity index (χ3n) is 4.57. The lowest BCUT2D eigenvalue weighted by atomic mass is 9.71. The molecule has 2 heteroatoms. The van der Waals surface area contributed by atoms with E-state index in [1.165, 1.54) is 12.8 Å². The van der Waals surface area contributed by atoms with E-state index in [-0.39, 0.29) is 5.91 Å². The SMILES string of the molecule is Cc1cccc(C(=O)NC2CCC(C(C)(C)C)CC2)c1. The second-order valence-corrected chi connectivity index (χ2v) is 7.26. The van der Waals surface area contributed by atoms with Gasteiger partial charge in [0.15, 0.2) is 0 Å². The molecule has 1 N–H and O–H groups in total. The number of carbonyl (C=O) groups is 1. The standard InChI is InChI=1S/C18H27NO/c1-13-6-5-7-14(12-13)17(20)19-16-10-8-15(9-11-16)18(2,3)4/h5-7,12,15-16H,8-11H2,1-4H3,(H,19,20). The van der Waals surface area contributed by atoms with Crippen molar-refractivity contribution < 1.29 is 4.79 Å². The quantitative estimate of drug-likeness (QED) is 0.853. The Balaban J connectivity index is 1.88. The van der Waals surface area contributed by atoms with Gasteiger partial charge in [-0.25, -0.2) is 0 Å². The molecule has 2 nitrogen and oxygen atoms in total. The molecule has 0 saturated heterocycles. The van der Waals surface area contributed by atoms with Gasteiger partial charge in [-0.1, -0.05) is 38.5 Å². The highest BCUT2D eigenvalue weighted by molar-refractivity contribution is 5.94. The summed E-state index contributed by atoms with van der Waals surface area (Å²) >= 11 is 0. The molecule has 0 aromatic heterocycles. The third-order valence-corrected chi connectivity index (χ3v) is 4.57. The fourth-order valence-electron chi connectivity index (χ4n) is 3.16. The predicted molar refractivity (Wildman–Crippen MR) is 83.8 cm³/mol. The number of hydrogen-bond acceptors (Lipinski definition) is 1. The van der Waals surface area contributed by atoms with Crippen molar-refractivity contribution in [1.82, 2.24) is 5.32 Å². The van der Waals surface area contributed by atoms with Gasteiger partial charge in [-0.05, 0) is 56.1 Å². The average Bonchev–Trinajstić information content (AvgIpc) is 2.38. The molecule has 0 unspecified atom stereocenters. The maximum absolute atomic E-state index is 12.2. The molecule has 1 aromatic carbocycles. The molecular weight excluding hydrogens is 246 g/mol. The predicted octanol–water partition coefficient (Wildman–Crippen LogP) is 4.33. The van der Waals surface area contributed by atoms with Gasteiger partial charge < -0.3 is 5.32 Å². The zero-order chi connectivity index (χ0) is 14.8. The molecule has 1 saturated carbocycles. The molecule has 0 spiro atoms. The van der Waals surface area contributed by atoms with Crippen LogP contribution in [0.25, 0.3) is 0 Å². The number of hydrogen-bond donors (Lipinski definition) is 1. The van der Waals surface area contributed by atoms with E-state index in [1.54, 1.807) is 0 Å². The van der Waals surface area contributed by atoms with Crippen LogP contribution in [0.15, 0.2) is 24.3 Å². The van der Waals surface area contributed by atoms with Crippen molar-refractivity contribution in [3.05, 3.63) is 35.4 Å². The molecule has 0 atom stereocenters. The minimum atomic E-state index is 0.0768. The summed E-state index contributed by atoms with van der Waals surface area (Å²) in [6.45, 7) is 8.99. The van der Waals surface area contributed by atoms with E-state index >= 15 is 0 Å². The molecule has 1 aliphatic rings. The Morgan fingerprint density at radius 1 is 1.15 bits per heavy atom. The minimum absolute atomic E-state index is 0.0768. The molecule has 1 amide bonds. The summed E-state index contributed by atoms with van der Waals surface area (Å²) in [5, 5.41) is 3.20. The molecule has 0 aliphatic heterocycles. The first-order valence-electron chi connectivity index (χ1n) is 7.74. The Morgan fingerprint density at radius 3 is 2.35 bits per heavy atom. The van der Waals surface area contributed by atoms with E-state index in [9.17, 15) is 4.79 Å². The average molecular weight is 273 g/mol. The molecule has 0 radical (unpaired) electrons. The van der Waals surface area contributed by atoms with Gasteiger partial charge in [0.25, 0.3) is 5.91 Å². The molecule has 110 valence electrons. The van der Waals surface area contributed by atoms with Crippen molar-refractivity contribution in [2.45, 2.75) is 59.4 Å². The van der Waals surface area contributed by atoms with E-state index in [0.717, 1.165) is 29.9 Å². The van der Waals surface area contributed by atoms with E-state index < -0.39 is 0 Å². The highest BCUT2D eigenvalue weighted by Crippen LogP contribution is 2.37. The molecule has 1 aliphatic carbocycles. The second kappa shape index (κ2) is 5.99. The van der Waals surface area contributed by atoms with Gasteiger partial charge in [0.05, 0.1) is 0 Å². The Hall–Kier alpha value is -1.31. The van der Waals surface area contributed by atoms with Crippen molar-refractivity contribution in [2.24, 2.45) is 11.3 Å². The molecule has 0 heterocycles. The molecule has 1 aromatic rings. The van der Waals surface area contributed by atoms with Crippen LogP contribution < -0.4 is 5.32 Å². The number of aryl methyl sites for hydroxylation is 1. The fourth-order valence-corrected chi connectivity index (χ4v) is 3.16. The first-order chi connectivity index (χ1) is 9.36. The van der Waals surface area contributed by atoms with Crippen LogP contribution in [0.2, 0.25) is 0 Å². The molecule has 20 heavy (non-hydrogen) atoms. The van der Waals surface area contributed by atoms with Crippen LogP contribution in [0, 0.1) is 18.3 Å². The Bertz CT molecular complexity index is 465. The molecule has 1 fully saturated rings. The van der Waals surface area contributed by atoms with Gasteiger partial charge in [0.2, 0.25) is 0 Å². The third kappa shape index (κ3) is 3.84. The van der Waals surface area contributed by atoms with Crippen molar-refractivity contribution in [3.63, 3.8) is 0 Å². The molecular formula is C18H27NO. The minimum Gasteiger partial charge on any atom is -0.349 e. The zero-order valence-corrected chi connectivity index (χ0v) is 13.2. The van der Waals surface area contributed by atoms with E-state index in [2.05, 4.69) is 26.1 Å². The van der Waals surface area contributed by atoms with Crippen LogP contribution in [0.1, 0.15) is 62.4 Å². The van der Waals surface area contributed by atoms with Crippen LogP contribution >= 0.6 is 0 Å².